The quantitative estimate of drug-likeness (QED) is 0.665. The first-order chi connectivity index (χ1) is 15.2. The highest BCUT2D eigenvalue weighted by atomic mass is 16.3. The lowest BCUT2D eigenvalue weighted by Crippen LogP contribution is -2.39. The lowest BCUT2D eigenvalue weighted by molar-refractivity contribution is 0.277. The van der Waals surface area contributed by atoms with Gasteiger partial charge in [0.1, 0.15) is 0 Å². The summed E-state index contributed by atoms with van der Waals surface area (Å²) in [6.07, 6.45) is 12.7. The van der Waals surface area contributed by atoms with Crippen molar-refractivity contribution in [3.05, 3.63) is 77.9 Å². The minimum atomic E-state index is -0.0577. The van der Waals surface area contributed by atoms with Gasteiger partial charge in [0.05, 0.1) is 23.7 Å². The highest BCUT2D eigenvalue weighted by Crippen LogP contribution is 2.37. The molecule has 3 aliphatic rings. The maximum atomic E-state index is 9.33. The lowest BCUT2D eigenvalue weighted by Gasteiger charge is -2.37. The van der Waals surface area contributed by atoms with Crippen molar-refractivity contribution in [2.45, 2.75) is 19.4 Å². The van der Waals surface area contributed by atoms with Crippen LogP contribution in [0.15, 0.2) is 72.2 Å². The Morgan fingerprint density at radius 2 is 2.06 bits per heavy atom. The van der Waals surface area contributed by atoms with Crippen molar-refractivity contribution in [1.82, 2.24) is 10.3 Å². The molecule has 1 unspecified atom stereocenters. The number of nitrogens with one attached hydrogen (secondary N) is 2. The first-order valence-corrected chi connectivity index (χ1v) is 11.0. The van der Waals surface area contributed by atoms with E-state index in [1.54, 1.807) is 6.20 Å². The van der Waals surface area contributed by atoms with Gasteiger partial charge in [-0.25, -0.2) is 0 Å². The molecule has 6 heteroatoms. The molecular formula is C25H29N5O. The number of rotatable bonds is 6. The van der Waals surface area contributed by atoms with Crippen molar-refractivity contribution in [3.8, 4) is 0 Å². The molecule has 0 saturated heterocycles. The molecule has 0 spiro atoms. The second kappa shape index (κ2) is 8.47. The van der Waals surface area contributed by atoms with Crippen LogP contribution < -0.4 is 20.4 Å². The Hall–Kier alpha value is -3.25. The molecule has 2 aliphatic heterocycles. The molecule has 1 atom stereocenters. The molecule has 5 rings (SSSR count). The predicted molar refractivity (Wildman–Crippen MR) is 127 cm³/mol. The zero-order valence-electron chi connectivity index (χ0n) is 17.9. The minimum absolute atomic E-state index is 0.0577. The molecule has 160 valence electrons. The zero-order chi connectivity index (χ0) is 21.2. The maximum absolute atomic E-state index is 9.33. The van der Waals surface area contributed by atoms with E-state index in [2.05, 4.69) is 75.1 Å². The Kier molecular flexibility index (Phi) is 5.38. The van der Waals surface area contributed by atoms with Gasteiger partial charge in [-0.1, -0.05) is 12.2 Å². The van der Waals surface area contributed by atoms with Crippen molar-refractivity contribution in [1.29, 1.82) is 0 Å². The highest BCUT2D eigenvalue weighted by molar-refractivity contribution is 5.79. The minimum Gasteiger partial charge on any atom is -0.390 e. The van der Waals surface area contributed by atoms with Gasteiger partial charge in [-0.05, 0) is 54.8 Å². The molecule has 0 fully saturated rings. The second-order valence-corrected chi connectivity index (χ2v) is 8.38. The molecule has 31 heavy (non-hydrogen) atoms. The van der Waals surface area contributed by atoms with Crippen LogP contribution in [0, 0.1) is 5.92 Å². The van der Waals surface area contributed by atoms with E-state index in [4.69, 9.17) is 0 Å². The van der Waals surface area contributed by atoms with E-state index in [1.807, 2.05) is 12.1 Å². The van der Waals surface area contributed by atoms with Crippen LogP contribution in [0.1, 0.15) is 18.5 Å². The van der Waals surface area contributed by atoms with Crippen LogP contribution in [0.2, 0.25) is 0 Å². The van der Waals surface area contributed by atoms with Crippen molar-refractivity contribution in [2.24, 2.45) is 5.92 Å². The predicted octanol–water partition coefficient (Wildman–Crippen LogP) is 3.91. The van der Waals surface area contributed by atoms with E-state index >= 15 is 0 Å². The average molecular weight is 416 g/mol. The van der Waals surface area contributed by atoms with Crippen LogP contribution in [0.5, 0.6) is 0 Å². The summed E-state index contributed by atoms with van der Waals surface area (Å²) in [4.78, 5) is 8.98. The molecule has 0 saturated carbocycles. The van der Waals surface area contributed by atoms with Gasteiger partial charge in [-0.2, -0.15) is 0 Å². The molecular weight excluding hydrogens is 386 g/mol. The molecule has 1 aromatic heterocycles. The van der Waals surface area contributed by atoms with Gasteiger partial charge in [0.25, 0.3) is 0 Å². The zero-order valence-corrected chi connectivity index (χ0v) is 17.9. The van der Waals surface area contributed by atoms with Crippen molar-refractivity contribution in [3.63, 3.8) is 0 Å². The number of benzene rings is 1. The number of aliphatic hydroxyl groups excluding tert-OH is 1. The summed E-state index contributed by atoms with van der Waals surface area (Å²) in [7, 11) is 2.16. The summed E-state index contributed by atoms with van der Waals surface area (Å²) >= 11 is 0. The molecule has 6 nitrogen and oxygen atoms in total. The second-order valence-electron chi connectivity index (χ2n) is 8.38. The Morgan fingerprint density at radius 1 is 1.16 bits per heavy atom. The summed E-state index contributed by atoms with van der Waals surface area (Å²) in [5, 5.41) is 16.2. The van der Waals surface area contributed by atoms with E-state index in [-0.39, 0.29) is 6.61 Å². The number of anilines is 4. The molecule has 0 amide bonds. The number of pyridine rings is 1. The van der Waals surface area contributed by atoms with Gasteiger partial charge < -0.3 is 25.5 Å². The summed E-state index contributed by atoms with van der Waals surface area (Å²) in [5.41, 5.74) is 8.00. The van der Waals surface area contributed by atoms with Gasteiger partial charge in [-0.15, -0.1) is 0 Å². The van der Waals surface area contributed by atoms with E-state index < -0.39 is 0 Å². The number of allylic oxidation sites excluding steroid dienone is 4. The van der Waals surface area contributed by atoms with Gasteiger partial charge in [0, 0.05) is 62.1 Å². The normalized spacial score (nSPS) is 19.4. The number of nitrogens with zero attached hydrogens (tertiary/aromatic N) is 3. The van der Waals surface area contributed by atoms with Gasteiger partial charge in [0.15, 0.2) is 0 Å². The van der Waals surface area contributed by atoms with Crippen LogP contribution in [0.25, 0.3) is 0 Å². The molecule has 0 radical (unpaired) electrons. The van der Waals surface area contributed by atoms with Crippen molar-refractivity contribution in [2.75, 3.05) is 41.8 Å². The Balaban J connectivity index is 1.30. The number of aromatic nitrogens is 1. The van der Waals surface area contributed by atoms with Gasteiger partial charge in [-0.3, -0.25) is 4.98 Å². The number of aliphatic hydroxyl groups is 1. The lowest BCUT2D eigenvalue weighted by atomic mass is 9.90. The molecule has 3 heterocycles. The third-order valence-electron chi connectivity index (χ3n) is 6.40. The van der Waals surface area contributed by atoms with E-state index in [0.717, 1.165) is 43.9 Å². The van der Waals surface area contributed by atoms with Crippen LogP contribution >= 0.6 is 0 Å². The van der Waals surface area contributed by atoms with Gasteiger partial charge in [0.2, 0.25) is 0 Å². The van der Waals surface area contributed by atoms with Crippen LogP contribution in [-0.2, 0) is 6.61 Å². The summed E-state index contributed by atoms with van der Waals surface area (Å²) in [6, 6.07) is 10.4. The molecule has 2 aromatic rings. The SMILES string of the molecule is CN1CCN(CCC2=CNC3=CC=CCC23)c2ccc(Nc3ccnc(CO)c3)cc21. The summed E-state index contributed by atoms with van der Waals surface area (Å²) in [6.45, 7) is 3.01. The fourth-order valence-corrected chi connectivity index (χ4v) is 4.64. The fraction of sp³-hybridized carbons (Fsp3) is 0.320. The summed E-state index contributed by atoms with van der Waals surface area (Å²) in [5.74, 6) is 0.535. The maximum Gasteiger partial charge on any atom is 0.0853 e. The standard InChI is InChI=1S/C25H29N5O/c1-29-12-13-30(11-9-18-16-27-23-5-3-2-4-22(18)23)24-7-6-19(15-25(24)29)28-20-8-10-26-21(14-20)17-31/h2-3,5-8,10,14-16,22,27,31H,4,9,11-13,17H2,1H3,(H,26,28). The summed E-state index contributed by atoms with van der Waals surface area (Å²) < 4.78 is 0. The van der Waals surface area contributed by atoms with Crippen molar-refractivity contribution < 1.29 is 5.11 Å². The molecule has 0 bridgehead atoms. The average Bonchev–Trinajstić information content (AvgIpc) is 3.22. The van der Waals surface area contributed by atoms with E-state index in [0.29, 0.717) is 11.6 Å². The fourth-order valence-electron chi connectivity index (χ4n) is 4.64. The number of likely N-dealkylation sites (N-methyl/N-ethyl adjacent to an activating group) is 1. The van der Waals surface area contributed by atoms with E-state index in [1.165, 1.54) is 22.6 Å². The third-order valence-corrected chi connectivity index (χ3v) is 6.40. The number of fused-ring (bicyclic) bond motifs is 2. The number of hydrogen-bond acceptors (Lipinski definition) is 6. The first-order valence-electron chi connectivity index (χ1n) is 11.0. The van der Waals surface area contributed by atoms with Crippen molar-refractivity contribution >= 4 is 22.7 Å². The molecule has 1 aliphatic carbocycles. The van der Waals surface area contributed by atoms with Crippen LogP contribution in [0.3, 0.4) is 0 Å². The third kappa shape index (κ3) is 4.03. The monoisotopic (exact) mass is 415 g/mol. The van der Waals surface area contributed by atoms with Crippen LogP contribution in [-0.4, -0.2) is 36.8 Å². The smallest absolute Gasteiger partial charge is 0.0853 e. The van der Waals surface area contributed by atoms with E-state index in [9.17, 15) is 5.11 Å². The Morgan fingerprint density at radius 3 is 2.97 bits per heavy atom. The molecule has 3 N–H and O–H groups in total. The number of hydrogen-bond donors (Lipinski definition) is 3. The van der Waals surface area contributed by atoms with Crippen LogP contribution in [0.4, 0.5) is 22.7 Å². The Labute approximate surface area is 183 Å². The largest absolute Gasteiger partial charge is 0.390 e. The highest BCUT2D eigenvalue weighted by Gasteiger charge is 2.26. The first kappa shape index (κ1) is 19.7. The Bertz CT molecular complexity index is 1060. The van der Waals surface area contributed by atoms with Gasteiger partial charge >= 0.3 is 0 Å². The molecule has 1 aromatic carbocycles. The topological polar surface area (TPSA) is 63.7 Å².